The topological polar surface area (TPSA) is 73.5 Å². The number of hydrogen-bond donors (Lipinski definition) is 3. The third-order valence-corrected chi connectivity index (χ3v) is 6.45. The second-order valence-electron chi connectivity index (χ2n) is 8.16. The number of nitrogens with one attached hydrogen (secondary N) is 1. The van der Waals surface area contributed by atoms with Gasteiger partial charge in [0.25, 0.3) is 0 Å². The first-order valence-electron chi connectivity index (χ1n) is 10.7. The number of benzene rings is 2. The Morgan fingerprint density at radius 3 is 2.36 bits per heavy atom. The van der Waals surface area contributed by atoms with Gasteiger partial charge < -0.3 is 25.0 Å². The fraction of sp³-hybridized carbons (Fsp3) is 0.154. The lowest BCUT2D eigenvalue weighted by Gasteiger charge is -2.28. The lowest BCUT2D eigenvalue weighted by Crippen LogP contribution is -2.29. The second kappa shape index (κ2) is 8.26. The van der Waals surface area contributed by atoms with Crippen molar-refractivity contribution in [2.45, 2.75) is 25.9 Å². The van der Waals surface area contributed by atoms with Crippen LogP contribution in [0.4, 0.5) is 5.69 Å². The number of rotatable bonds is 4. The number of aromatic nitrogens is 2. The lowest BCUT2D eigenvalue weighted by atomic mass is 9.96. The van der Waals surface area contributed by atoms with Gasteiger partial charge in [0.05, 0.1) is 23.5 Å². The monoisotopic (exact) mass is 456 g/mol. The Balaban J connectivity index is 1.69. The van der Waals surface area contributed by atoms with E-state index in [-0.39, 0.29) is 23.6 Å². The second-order valence-corrected chi connectivity index (χ2v) is 8.55. The number of phenols is 2. The molecule has 3 N–H and O–H groups in total. The number of hydrogen-bond acceptors (Lipinski definition) is 4. The van der Waals surface area contributed by atoms with Gasteiger partial charge in [-0.25, -0.2) is 0 Å². The maximum Gasteiger partial charge on any atom is 0.174 e. The number of aryl methyl sites for hydroxylation is 1. The summed E-state index contributed by atoms with van der Waals surface area (Å²) in [4.78, 5) is 6.58. The van der Waals surface area contributed by atoms with Crippen molar-refractivity contribution in [3.8, 4) is 17.2 Å². The van der Waals surface area contributed by atoms with Crippen LogP contribution < -0.4 is 10.2 Å². The summed E-state index contributed by atoms with van der Waals surface area (Å²) in [5, 5.41) is 24.4. The van der Waals surface area contributed by atoms with Crippen molar-refractivity contribution >= 4 is 23.0 Å². The third-order valence-electron chi connectivity index (χ3n) is 6.14. The molecular weight excluding hydrogens is 432 g/mol. The normalized spacial score (nSPS) is 17.9. The highest BCUT2D eigenvalue weighted by Crippen LogP contribution is 2.45. The van der Waals surface area contributed by atoms with Crippen molar-refractivity contribution in [3.63, 3.8) is 0 Å². The predicted molar refractivity (Wildman–Crippen MR) is 133 cm³/mol. The Bertz CT molecular complexity index is 1320. The molecule has 7 heteroatoms. The van der Waals surface area contributed by atoms with E-state index in [0.29, 0.717) is 10.8 Å². The number of pyridine rings is 1. The van der Waals surface area contributed by atoms with Gasteiger partial charge in [0.2, 0.25) is 0 Å². The van der Waals surface area contributed by atoms with Gasteiger partial charge in [0.1, 0.15) is 11.5 Å². The summed E-state index contributed by atoms with van der Waals surface area (Å²) in [5.74, 6) is 0.397. The molecule has 0 unspecified atom stereocenters. The van der Waals surface area contributed by atoms with Gasteiger partial charge in [-0.3, -0.25) is 4.98 Å². The molecule has 33 heavy (non-hydrogen) atoms. The molecule has 2 aromatic heterocycles. The molecule has 2 atom stereocenters. The van der Waals surface area contributed by atoms with Crippen LogP contribution in [0.3, 0.4) is 0 Å². The summed E-state index contributed by atoms with van der Waals surface area (Å²) >= 11 is 5.77. The van der Waals surface area contributed by atoms with Gasteiger partial charge in [-0.05, 0) is 86.2 Å². The highest BCUT2D eigenvalue weighted by atomic mass is 32.1. The van der Waals surface area contributed by atoms with Gasteiger partial charge in [-0.2, -0.15) is 0 Å². The molecule has 1 aliphatic rings. The van der Waals surface area contributed by atoms with Gasteiger partial charge in [-0.1, -0.05) is 18.2 Å². The van der Waals surface area contributed by atoms with E-state index in [1.807, 2.05) is 47.4 Å². The average Bonchev–Trinajstić information content (AvgIpc) is 3.31. The maximum atomic E-state index is 10.7. The summed E-state index contributed by atoms with van der Waals surface area (Å²) in [6.07, 6.45) is 1.78. The largest absolute Gasteiger partial charge is 0.508 e. The molecule has 0 bridgehead atoms. The maximum absolute atomic E-state index is 10.7. The van der Waals surface area contributed by atoms with Gasteiger partial charge in [0, 0.05) is 23.3 Å². The van der Waals surface area contributed by atoms with E-state index >= 15 is 0 Å². The van der Waals surface area contributed by atoms with E-state index in [0.717, 1.165) is 28.3 Å². The molecule has 4 aromatic rings. The number of aromatic hydroxyl groups is 2. The lowest BCUT2D eigenvalue weighted by molar-refractivity contribution is 0.472. The number of para-hydroxylation sites is 2. The number of anilines is 1. The average molecular weight is 457 g/mol. The Labute approximate surface area is 197 Å². The molecule has 0 amide bonds. The molecule has 1 aliphatic heterocycles. The van der Waals surface area contributed by atoms with Crippen molar-refractivity contribution in [2.75, 3.05) is 4.90 Å². The van der Waals surface area contributed by atoms with Crippen LogP contribution in [0.1, 0.15) is 34.7 Å². The molecule has 166 valence electrons. The molecule has 6 nitrogen and oxygen atoms in total. The van der Waals surface area contributed by atoms with Gasteiger partial charge in [0.15, 0.2) is 5.11 Å². The summed E-state index contributed by atoms with van der Waals surface area (Å²) in [6, 6.07) is 22.0. The van der Waals surface area contributed by atoms with Crippen LogP contribution in [-0.2, 0) is 0 Å². The molecule has 0 spiro atoms. The first-order chi connectivity index (χ1) is 16.0. The van der Waals surface area contributed by atoms with Crippen molar-refractivity contribution in [2.24, 2.45) is 0 Å². The van der Waals surface area contributed by atoms with E-state index < -0.39 is 0 Å². The summed E-state index contributed by atoms with van der Waals surface area (Å²) in [7, 11) is 0. The first-order valence-corrected chi connectivity index (χ1v) is 11.1. The molecular formula is C26H24N4O2S. The highest BCUT2D eigenvalue weighted by molar-refractivity contribution is 7.80. The van der Waals surface area contributed by atoms with Crippen LogP contribution in [0.25, 0.3) is 5.69 Å². The van der Waals surface area contributed by atoms with E-state index in [2.05, 4.69) is 34.8 Å². The minimum absolute atomic E-state index is 0.167. The fourth-order valence-corrected chi connectivity index (χ4v) is 5.02. The Morgan fingerprint density at radius 2 is 1.67 bits per heavy atom. The summed E-state index contributed by atoms with van der Waals surface area (Å²) < 4.78 is 2.16. The minimum Gasteiger partial charge on any atom is -0.508 e. The zero-order chi connectivity index (χ0) is 23.1. The Kier molecular flexibility index (Phi) is 5.26. The molecule has 0 saturated carbocycles. The molecule has 2 aromatic carbocycles. The van der Waals surface area contributed by atoms with Crippen LogP contribution in [0.2, 0.25) is 0 Å². The molecule has 5 rings (SSSR count). The van der Waals surface area contributed by atoms with Crippen molar-refractivity contribution in [1.82, 2.24) is 14.9 Å². The SMILES string of the molecule is Cc1cc([C@@H]2[C@@H](c3ccccn3)NC(=S)N2c2ccccc2O)c(C)n1-c1ccc(O)cc1. The molecule has 1 fully saturated rings. The third kappa shape index (κ3) is 3.60. The zero-order valence-corrected chi connectivity index (χ0v) is 19.1. The summed E-state index contributed by atoms with van der Waals surface area (Å²) in [6.45, 7) is 4.14. The molecule has 1 saturated heterocycles. The van der Waals surface area contributed by atoms with Crippen molar-refractivity contribution in [1.29, 1.82) is 0 Å². The van der Waals surface area contributed by atoms with Gasteiger partial charge >= 0.3 is 0 Å². The smallest absolute Gasteiger partial charge is 0.174 e. The van der Waals surface area contributed by atoms with Crippen LogP contribution in [0.5, 0.6) is 11.5 Å². The molecule has 3 heterocycles. The van der Waals surface area contributed by atoms with Crippen LogP contribution in [-0.4, -0.2) is 24.9 Å². The van der Waals surface area contributed by atoms with Crippen LogP contribution in [0, 0.1) is 13.8 Å². The number of thiocarbonyl (C=S) groups is 1. The highest BCUT2D eigenvalue weighted by Gasteiger charge is 2.43. The summed E-state index contributed by atoms with van der Waals surface area (Å²) in [5.41, 5.74) is 5.67. The zero-order valence-electron chi connectivity index (χ0n) is 18.3. The quantitative estimate of drug-likeness (QED) is 0.372. The standard InChI is InChI=1S/C26H24N4O2S/c1-16-15-20(17(2)29(16)18-10-12-19(31)13-11-18)25-24(21-7-5-6-14-27-21)28-26(33)30(25)22-8-3-4-9-23(22)32/h3-15,24-25,31-32H,1-2H3,(H,28,33)/t24-,25-/m1/s1. The van der Waals surface area contributed by atoms with Crippen molar-refractivity contribution < 1.29 is 10.2 Å². The minimum atomic E-state index is -0.224. The van der Waals surface area contributed by atoms with E-state index in [1.54, 1.807) is 30.5 Å². The first kappa shape index (κ1) is 21.0. The fourth-order valence-electron chi connectivity index (χ4n) is 4.68. The van der Waals surface area contributed by atoms with E-state index in [4.69, 9.17) is 12.2 Å². The van der Waals surface area contributed by atoms with Crippen molar-refractivity contribution in [3.05, 3.63) is 102 Å². The Hall–Kier alpha value is -3.84. The molecule has 0 radical (unpaired) electrons. The van der Waals surface area contributed by atoms with Crippen LogP contribution >= 0.6 is 12.2 Å². The number of nitrogens with zero attached hydrogens (tertiary/aromatic N) is 3. The van der Waals surface area contributed by atoms with E-state index in [9.17, 15) is 10.2 Å². The van der Waals surface area contributed by atoms with Gasteiger partial charge in [-0.15, -0.1) is 0 Å². The Morgan fingerprint density at radius 1 is 0.939 bits per heavy atom. The predicted octanol–water partition coefficient (Wildman–Crippen LogP) is 5.08. The molecule has 0 aliphatic carbocycles. The number of phenolic OH excluding ortho intramolecular Hbond substituents is 2. The van der Waals surface area contributed by atoms with Crippen LogP contribution in [0.15, 0.2) is 79.0 Å². The van der Waals surface area contributed by atoms with E-state index in [1.165, 1.54) is 0 Å².